The van der Waals surface area contributed by atoms with E-state index < -0.39 is 0 Å². The van der Waals surface area contributed by atoms with Crippen molar-refractivity contribution < 1.29 is 9.84 Å². The van der Waals surface area contributed by atoms with Gasteiger partial charge < -0.3 is 15.2 Å². The van der Waals surface area contributed by atoms with Crippen molar-refractivity contribution in [1.29, 1.82) is 0 Å². The maximum Gasteiger partial charge on any atom is 0.0663 e. The monoisotopic (exact) mass is 313 g/mol. The number of ether oxygens (including phenoxy) is 1. The average Bonchev–Trinajstić information content (AvgIpc) is 2.31. The molecule has 1 aliphatic heterocycles. The third-order valence-electron chi connectivity index (χ3n) is 3.41. The number of nitrogens with one attached hydrogen (secondary N) is 1. The highest BCUT2D eigenvalue weighted by Crippen LogP contribution is 2.36. The molecule has 3 nitrogen and oxygen atoms in total. The van der Waals surface area contributed by atoms with E-state index in [1.807, 2.05) is 24.3 Å². The number of hydrogen-bond donors (Lipinski definition) is 2. The molecule has 0 aromatic heterocycles. The van der Waals surface area contributed by atoms with E-state index in [4.69, 9.17) is 4.74 Å². The topological polar surface area (TPSA) is 41.5 Å². The van der Waals surface area contributed by atoms with Gasteiger partial charge in [-0.05, 0) is 48.3 Å². The maximum absolute atomic E-state index is 9.79. The molecule has 0 bridgehead atoms. The Morgan fingerprint density at radius 2 is 2.11 bits per heavy atom. The van der Waals surface area contributed by atoms with Gasteiger partial charge in [-0.3, -0.25) is 0 Å². The number of anilines is 1. The fourth-order valence-electron chi connectivity index (χ4n) is 2.61. The smallest absolute Gasteiger partial charge is 0.0663 e. The van der Waals surface area contributed by atoms with E-state index in [0.717, 1.165) is 23.0 Å². The minimum Gasteiger partial charge on any atom is -0.394 e. The molecule has 0 radical (unpaired) electrons. The molecule has 1 aliphatic rings. The van der Waals surface area contributed by atoms with Gasteiger partial charge in [-0.15, -0.1) is 0 Å². The summed E-state index contributed by atoms with van der Waals surface area (Å²) >= 11 is 3.53. The third kappa shape index (κ3) is 3.05. The largest absolute Gasteiger partial charge is 0.394 e. The van der Waals surface area contributed by atoms with Gasteiger partial charge in [0.25, 0.3) is 0 Å². The lowest BCUT2D eigenvalue weighted by atomic mass is 9.81. The summed E-state index contributed by atoms with van der Waals surface area (Å²) in [5.41, 5.74) is 0.519. The first-order valence-electron chi connectivity index (χ1n) is 6.24. The van der Waals surface area contributed by atoms with Crippen LogP contribution in [0.15, 0.2) is 28.7 Å². The zero-order chi connectivity index (χ0) is 13.2. The lowest BCUT2D eigenvalue weighted by molar-refractivity contribution is -0.0838. The van der Waals surface area contributed by atoms with Crippen LogP contribution in [0.25, 0.3) is 0 Å². The van der Waals surface area contributed by atoms with E-state index in [0.29, 0.717) is 6.61 Å². The number of para-hydroxylation sites is 1. The van der Waals surface area contributed by atoms with Crippen LogP contribution in [0.3, 0.4) is 0 Å². The van der Waals surface area contributed by atoms with Crippen LogP contribution in [0, 0.1) is 0 Å². The summed E-state index contributed by atoms with van der Waals surface area (Å²) < 4.78 is 6.74. The zero-order valence-electron chi connectivity index (χ0n) is 10.9. The van der Waals surface area contributed by atoms with Crippen molar-refractivity contribution in [3.8, 4) is 0 Å². The molecule has 1 aromatic carbocycles. The molecule has 0 spiro atoms. The normalized spacial score (nSPS) is 26.9. The Bertz CT molecular complexity index is 422. The summed E-state index contributed by atoms with van der Waals surface area (Å²) in [6, 6.07) is 7.99. The molecular formula is C14H20BrNO2. The second-order valence-electron chi connectivity index (χ2n) is 5.58. The Morgan fingerprint density at radius 1 is 1.39 bits per heavy atom. The standard InChI is InChI=1S/C14H20BrNO2/c1-13(2)9-14(10-17,7-8-18-13)16-12-6-4-3-5-11(12)15/h3-6,16-17H,7-10H2,1-2H3. The molecule has 0 amide bonds. The zero-order valence-corrected chi connectivity index (χ0v) is 12.5. The molecule has 0 saturated carbocycles. The molecule has 1 unspecified atom stereocenters. The summed E-state index contributed by atoms with van der Waals surface area (Å²) in [6.07, 6.45) is 1.60. The van der Waals surface area contributed by atoms with Gasteiger partial charge in [0, 0.05) is 23.2 Å². The molecule has 4 heteroatoms. The summed E-state index contributed by atoms with van der Waals surface area (Å²) in [5.74, 6) is 0. The van der Waals surface area contributed by atoms with Crippen LogP contribution in [-0.4, -0.2) is 29.5 Å². The highest BCUT2D eigenvalue weighted by Gasteiger charge is 2.40. The van der Waals surface area contributed by atoms with Crippen molar-refractivity contribution in [1.82, 2.24) is 0 Å². The van der Waals surface area contributed by atoms with Crippen LogP contribution in [0.4, 0.5) is 5.69 Å². The Labute approximate surface area is 117 Å². The van der Waals surface area contributed by atoms with Crippen LogP contribution >= 0.6 is 15.9 Å². The van der Waals surface area contributed by atoms with Crippen molar-refractivity contribution in [2.75, 3.05) is 18.5 Å². The van der Waals surface area contributed by atoms with E-state index in [2.05, 4.69) is 35.1 Å². The van der Waals surface area contributed by atoms with Gasteiger partial charge in [-0.25, -0.2) is 0 Å². The number of aliphatic hydroxyl groups excluding tert-OH is 1. The van der Waals surface area contributed by atoms with Crippen LogP contribution in [0.2, 0.25) is 0 Å². The lowest BCUT2D eigenvalue weighted by Crippen LogP contribution is -2.53. The molecule has 0 aliphatic carbocycles. The molecule has 1 fully saturated rings. The van der Waals surface area contributed by atoms with Gasteiger partial charge in [-0.2, -0.15) is 0 Å². The fraction of sp³-hybridized carbons (Fsp3) is 0.571. The van der Waals surface area contributed by atoms with Crippen molar-refractivity contribution in [3.05, 3.63) is 28.7 Å². The molecule has 2 N–H and O–H groups in total. The highest BCUT2D eigenvalue weighted by atomic mass is 79.9. The number of rotatable bonds is 3. The second kappa shape index (κ2) is 5.19. The molecule has 1 saturated heterocycles. The molecule has 2 rings (SSSR count). The summed E-state index contributed by atoms with van der Waals surface area (Å²) in [4.78, 5) is 0. The predicted octanol–water partition coefficient (Wildman–Crippen LogP) is 3.18. The summed E-state index contributed by atoms with van der Waals surface area (Å²) in [5, 5.41) is 13.3. The molecule has 1 aromatic rings. The Balaban J connectivity index is 2.21. The Kier molecular flexibility index (Phi) is 3.99. The maximum atomic E-state index is 9.79. The molecule has 18 heavy (non-hydrogen) atoms. The van der Waals surface area contributed by atoms with Gasteiger partial charge in [0.2, 0.25) is 0 Å². The Morgan fingerprint density at radius 3 is 2.72 bits per heavy atom. The number of hydrogen-bond acceptors (Lipinski definition) is 3. The van der Waals surface area contributed by atoms with Gasteiger partial charge in [0.15, 0.2) is 0 Å². The molecule has 100 valence electrons. The van der Waals surface area contributed by atoms with Crippen LogP contribution < -0.4 is 5.32 Å². The van der Waals surface area contributed by atoms with E-state index in [-0.39, 0.29) is 17.7 Å². The van der Waals surface area contributed by atoms with Crippen molar-refractivity contribution in [2.45, 2.75) is 37.8 Å². The minimum atomic E-state index is -0.300. The summed E-state index contributed by atoms with van der Waals surface area (Å²) in [6.45, 7) is 4.92. The molecular weight excluding hydrogens is 294 g/mol. The fourth-order valence-corrected chi connectivity index (χ4v) is 2.99. The average molecular weight is 314 g/mol. The van der Waals surface area contributed by atoms with Gasteiger partial charge in [0.05, 0.1) is 17.7 Å². The number of benzene rings is 1. The van der Waals surface area contributed by atoms with Gasteiger partial charge >= 0.3 is 0 Å². The van der Waals surface area contributed by atoms with Gasteiger partial charge in [0.1, 0.15) is 0 Å². The number of aliphatic hydroxyl groups is 1. The summed E-state index contributed by atoms with van der Waals surface area (Å²) in [7, 11) is 0. The van der Waals surface area contributed by atoms with Crippen LogP contribution in [-0.2, 0) is 4.74 Å². The second-order valence-corrected chi connectivity index (χ2v) is 6.43. The number of halogens is 1. The minimum absolute atomic E-state index is 0.112. The van der Waals surface area contributed by atoms with E-state index in [1.165, 1.54) is 0 Å². The third-order valence-corrected chi connectivity index (χ3v) is 4.11. The van der Waals surface area contributed by atoms with Gasteiger partial charge in [-0.1, -0.05) is 12.1 Å². The first kappa shape index (κ1) is 13.8. The first-order chi connectivity index (χ1) is 8.46. The van der Waals surface area contributed by atoms with Crippen LogP contribution in [0.5, 0.6) is 0 Å². The van der Waals surface area contributed by atoms with E-state index in [9.17, 15) is 5.11 Å². The lowest BCUT2D eigenvalue weighted by Gasteiger charge is -2.45. The van der Waals surface area contributed by atoms with E-state index in [1.54, 1.807) is 0 Å². The van der Waals surface area contributed by atoms with Crippen molar-refractivity contribution in [2.24, 2.45) is 0 Å². The van der Waals surface area contributed by atoms with E-state index >= 15 is 0 Å². The SMILES string of the molecule is CC1(C)CC(CO)(Nc2ccccc2Br)CCO1. The van der Waals surface area contributed by atoms with Crippen LogP contribution in [0.1, 0.15) is 26.7 Å². The van der Waals surface area contributed by atoms with Crippen molar-refractivity contribution >= 4 is 21.6 Å². The Hall–Kier alpha value is -0.580. The molecule has 1 atom stereocenters. The van der Waals surface area contributed by atoms with Crippen molar-refractivity contribution in [3.63, 3.8) is 0 Å². The molecule has 1 heterocycles. The predicted molar refractivity (Wildman–Crippen MR) is 76.8 cm³/mol. The first-order valence-corrected chi connectivity index (χ1v) is 7.03. The highest BCUT2D eigenvalue weighted by molar-refractivity contribution is 9.10. The quantitative estimate of drug-likeness (QED) is 0.900.